The molecule has 0 atom stereocenters. The average Bonchev–Trinajstić information content (AvgIpc) is 2.34. The fourth-order valence-corrected chi connectivity index (χ4v) is 1.92. The van der Waals surface area contributed by atoms with E-state index in [4.69, 9.17) is 4.74 Å². The molecule has 0 saturated carbocycles. The molecule has 17 heavy (non-hydrogen) atoms. The molecule has 102 valence electrons. The molecule has 0 aliphatic rings. The topological polar surface area (TPSA) is 26.3 Å². The van der Waals surface area contributed by atoms with Crippen LogP contribution in [0.1, 0.15) is 78.1 Å². The Morgan fingerprint density at radius 1 is 0.824 bits per heavy atom. The first-order chi connectivity index (χ1) is 8.31. The van der Waals surface area contributed by atoms with Crippen LogP contribution < -0.4 is 0 Å². The highest BCUT2D eigenvalue weighted by molar-refractivity contribution is 5.79. The summed E-state index contributed by atoms with van der Waals surface area (Å²) in [5.41, 5.74) is 0. The normalized spacial score (nSPS) is 10.7. The molecule has 0 saturated heterocycles. The van der Waals surface area contributed by atoms with Gasteiger partial charge >= 0.3 is 0 Å². The van der Waals surface area contributed by atoms with Crippen molar-refractivity contribution in [2.24, 2.45) is 0 Å². The van der Waals surface area contributed by atoms with Gasteiger partial charge in [0.1, 0.15) is 6.61 Å². The van der Waals surface area contributed by atoms with Gasteiger partial charge in [-0.3, -0.25) is 4.79 Å². The number of carbonyl (C=O) groups excluding carboxylic acids is 1. The summed E-state index contributed by atoms with van der Waals surface area (Å²) in [5, 5.41) is 0. The van der Waals surface area contributed by atoms with Gasteiger partial charge in [-0.2, -0.15) is 0 Å². The summed E-state index contributed by atoms with van der Waals surface area (Å²) in [4.78, 5) is 11.3. The predicted octanol–water partition coefficient (Wildman–Crippen LogP) is 4.51. The molecular weight excluding hydrogens is 212 g/mol. The van der Waals surface area contributed by atoms with Crippen molar-refractivity contribution in [3.63, 3.8) is 0 Å². The Bertz CT molecular complexity index is 166. The minimum absolute atomic E-state index is 0.259. The lowest BCUT2D eigenvalue weighted by molar-refractivity contribution is -0.123. The van der Waals surface area contributed by atoms with Gasteiger partial charge in [-0.1, -0.05) is 58.3 Å². The first-order valence-corrected chi connectivity index (χ1v) is 7.40. The molecule has 2 nitrogen and oxygen atoms in total. The van der Waals surface area contributed by atoms with Crippen LogP contribution in [-0.2, 0) is 9.53 Å². The van der Waals surface area contributed by atoms with Gasteiger partial charge in [0.2, 0.25) is 0 Å². The van der Waals surface area contributed by atoms with Crippen LogP contribution in [-0.4, -0.2) is 19.0 Å². The Labute approximate surface area is 107 Å². The van der Waals surface area contributed by atoms with Crippen LogP contribution in [0.3, 0.4) is 0 Å². The van der Waals surface area contributed by atoms with Gasteiger partial charge in [-0.15, -0.1) is 0 Å². The van der Waals surface area contributed by atoms with E-state index < -0.39 is 0 Å². The fraction of sp³-hybridized carbons (Fsp3) is 0.933. The minimum atomic E-state index is 0.259. The molecule has 0 spiro atoms. The van der Waals surface area contributed by atoms with Gasteiger partial charge in [0.15, 0.2) is 5.78 Å². The Balaban J connectivity index is 3.05. The SMILES string of the molecule is CCCCCCCCCCCC(=O)COCC. The highest BCUT2D eigenvalue weighted by Gasteiger charge is 2.00. The Morgan fingerprint density at radius 2 is 1.35 bits per heavy atom. The molecule has 0 aliphatic heterocycles. The van der Waals surface area contributed by atoms with E-state index in [9.17, 15) is 4.79 Å². The average molecular weight is 242 g/mol. The summed E-state index contributed by atoms with van der Waals surface area (Å²) in [6, 6.07) is 0. The zero-order valence-electron chi connectivity index (χ0n) is 11.8. The van der Waals surface area contributed by atoms with Crippen molar-refractivity contribution in [3.05, 3.63) is 0 Å². The van der Waals surface area contributed by atoms with E-state index in [1.165, 1.54) is 51.4 Å². The molecule has 0 heterocycles. The first-order valence-electron chi connectivity index (χ1n) is 7.40. The number of hydrogen-bond donors (Lipinski definition) is 0. The van der Waals surface area contributed by atoms with E-state index in [2.05, 4.69) is 6.92 Å². The van der Waals surface area contributed by atoms with E-state index >= 15 is 0 Å². The quantitative estimate of drug-likeness (QED) is 0.444. The number of ether oxygens (including phenoxy) is 1. The van der Waals surface area contributed by atoms with Crippen molar-refractivity contribution in [1.82, 2.24) is 0 Å². The predicted molar refractivity (Wildman–Crippen MR) is 73.3 cm³/mol. The lowest BCUT2D eigenvalue weighted by Crippen LogP contribution is -2.07. The van der Waals surface area contributed by atoms with Crippen molar-refractivity contribution < 1.29 is 9.53 Å². The molecule has 0 rings (SSSR count). The molecular formula is C15H30O2. The van der Waals surface area contributed by atoms with Gasteiger partial charge in [0, 0.05) is 13.0 Å². The van der Waals surface area contributed by atoms with Gasteiger partial charge in [0.25, 0.3) is 0 Å². The molecule has 0 unspecified atom stereocenters. The number of Topliss-reactive ketones (excluding diaryl/α,β-unsaturated/α-hetero) is 1. The highest BCUT2D eigenvalue weighted by atomic mass is 16.5. The summed E-state index contributed by atoms with van der Waals surface area (Å²) in [6.07, 6.45) is 12.4. The summed E-state index contributed by atoms with van der Waals surface area (Å²) >= 11 is 0. The molecule has 0 N–H and O–H groups in total. The van der Waals surface area contributed by atoms with Crippen molar-refractivity contribution in [2.45, 2.75) is 78.1 Å². The van der Waals surface area contributed by atoms with Gasteiger partial charge in [-0.05, 0) is 13.3 Å². The number of ketones is 1. The first kappa shape index (κ1) is 16.6. The second-order valence-corrected chi connectivity index (χ2v) is 4.75. The minimum Gasteiger partial charge on any atom is -0.374 e. The maximum Gasteiger partial charge on any atom is 0.158 e. The van der Waals surface area contributed by atoms with E-state index in [0.29, 0.717) is 19.6 Å². The Kier molecular flexibility index (Phi) is 13.4. The van der Waals surface area contributed by atoms with E-state index in [-0.39, 0.29) is 5.78 Å². The van der Waals surface area contributed by atoms with Crippen molar-refractivity contribution >= 4 is 5.78 Å². The van der Waals surface area contributed by atoms with Crippen molar-refractivity contribution in [1.29, 1.82) is 0 Å². The van der Waals surface area contributed by atoms with Crippen LogP contribution in [0.15, 0.2) is 0 Å². The maximum atomic E-state index is 11.3. The van der Waals surface area contributed by atoms with Gasteiger partial charge in [0.05, 0.1) is 0 Å². The number of rotatable bonds is 13. The highest BCUT2D eigenvalue weighted by Crippen LogP contribution is 2.10. The van der Waals surface area contributed by atoms with Gasteiger partial charge in [-0.25, -0.2) is 0 Å². The Morgan fingerprint density at radius 3 is 1.88 bits per heavy atom. The van der Waals surface area contributed by atoms with Crippen LogP contribution in [0.4, 0.5) is 0 Å². The van der Waals surface area contributed by atoms with Crippen LogP contribution in [0.2, 0.25) is 0 Å². The molecule has 0 aliphatic carbocycles. The number of unbranched alkanes of at least 4 members (excludes halogenated alkanes) is 8. The standard InChI is InChI=1S/C15H30O2/c1-3-5-6-7-8-9-10-11-12-13-15(16)14-17-4-2/h3-14H2,1-2H3. The van der Waals surface area contributed by atoms with Crippen molar-refractivity contribution in [3.8, 4) is 0 Å². The Hall–Kier alpha value is -0.370. The maximum absolute atomic E-state index is 11.3. The number of hydrogen-bond acceptors (Lipinski definition) is 2. The zero-order chi connectivity index (χ0) is 12.8. The van der Waals surface area contributed by atoms with Crippen molar-refractivity contribution in [2.75, 3.05) is 13.2 Å². The molecule has 0 fully saturated rings. The second-order valence-electron chi connectivity index (χ2n) is 4.75. The summed E-state index contributed by atoms with van der Waals surface area (Å²) in [5.74, 6) is 0.259. The lowest BCUT2D eigenvalue weighted by Gasteiger charge is -2.02. The largest absolute Gasteiger partial charge is 0.374 e. The lowest BCUT2D eigenvalue weighted by atomic mass is 10.1. The summed E-state index contributed by atoms with van der Waals surface area (Å²) in [7, 11) is 0. The smallest absolute Gasteiger partial charge is 0.158 e. The molecule has 0 aromatic carbocycles. The van der Waals surface area contributed by atoms with Crippen LogP contribution >= 0.6 is 0 Å². The molecule has 0 bridgehead atoms. The third-order valence-electron chi connectivity index (χ3n) is 3.03. The third-order valence-corrected chi connectivity index (χ3v) is 3.03. The number of carbonyl (C=O) groups is 1. The third kappa shape index (κ3) is 13.6. The summed E-state index contributed by atoms with van der Waals surface area (Å²) in [6.45, 7) is 5.13. The molecule has 0 aromatic heterocycles. The van der Waals surface area contributed by atoms with E-state index in [1.54, 1.807) is 0 Å². The summed E-state index contributed by atoms with van der Waals surface area (Å²) < 4.78 is 5.08. The second kappa shape index (κ2) is 13.7. The molecule has 2 heteroatoms. The van der Waals surface area contributed by atoms with Gasteiger partial charge < -0.3 is 4.74 Å². The monoisotopic (exact) mass is 242 g/mol. The zero-order valence-corrected chi connectivity index (χ0v) is 11.8. The molecule has 0 amide bonds. The molecule has 0 aromatic rings. The molecule has 0 radical (unpaired) electrons. The van der Waals surface area contributed by atoms with Crippen LogP contribution in [0.5, 0.6) is 0 Å². The fourth-order valence-electron chi connectivity index (χ4n) is 1.92. The van der Waals surface area contributed by atoms with Crippen LogP contribution in [0, 0.1) is 0 Å². The van der Waals surface area contributed by atoms with E-state index in [1.807, 2.05) is 6.92 Å². The van der Waals surface area contributed by atoms with E-state index in [0.717, 1.165) is 6.42 Å². The van der Waals surface area contributed by atoms with Crippen LogP contribution in [0.25, 0.3) is 0 Å².